The zero-order chi connectivity index (χ0) is 14.8. The van der Waals surface area contributed by atoms with Gasteiger partial charge in [-0.05, 0) is 31.7 Å². The maximum Gasteiger partial charge on any atom is 0.108 e. The van der Waals surface area contributed by atoms with E-state index in [0.29, 0.717) is 6.04 Å². The minimum atomic E-state index is 0.652. The SMILES string of the molecule is CCN1CCN(CCc2nc3ccc(N)cc3[nH]2)CC1C. The van der Waals surface area contributed by atoms with E-state index in [9.17, 15) is 0 Å². The van der Waals surface area contributed by atoms with Crippen molar-refractivity contribution in [1.82, 2.24) is 19.8 Å². The highest BCUT2D eigenvalue weighted by molar-refractivity contribution is 5.78. The Morgan fingerprint density at radius 2 is 2.24 bits per heavy atom. The van der Waals surface area contributed by atoms with Gasteiger partial charge in [0.15, 0.2) is 0 Å². The second kappa shape index (κ2) is 6.03. The molecule has 3 rings (SSSR count). The van der Waals surface area contributed by atoms with Gasteiger partial charge in [0.1, 0.15) is 5.82 Å². The number of piperazine rings is 1. The van der Waals surface area contributed by atoms with Crippen molar-refractivity contribution in [1.29, 1.82) is 0 Å². The molecule has 1 aliphatic rings. The van der Waals surface area contributed by atoms with Gasteiger partial charge in [-0.25, -0.2) is 4.98 Å². The molecule has 21 heavy (non-hydrogen) atoms. The van der Waals surface area contributed by atoms with Crippen LogP contribution in [0.2, 0.25) is 0 Å². The summed E-state index contributed by atoms with van der Waals surface area (Å²) in [6.07, 6.45) is 0.966. The second-order valence-electron chi connectivity index (χ2n) is 5.99. The zero-order valence-electron chi connectivity index (χ0n) is 13.0. The average molecular weight is 287 g/mol. The molecule has 114 valence electrons. The summed E-state index contributed by atoms with van der Waals surface area (Å²) in [5.41, 5.74) is 8.62. The normalized spacial score (nSPS) is 21.1. The Kier molecular flexibility index (Phi) is 4.12. The Bertz CT molecular complexity index is 606. The van der Waals surface area contributed by atoms with E-state index in [1.807, 2.05) is 18.2 Å². The van der Waals surface area contributed by atoms with Crippen molar-refractivity contribution in [2.45, 2.75) is 26.3 Å². The van der Waals surface area contributed by atoms with Crippen LogP contribution in [0.3, 0.4) is 0 Å². The average Bonchev–Trinajstić information content (AvgIpc) is 2.87. The number of hydrogen-bond donors (Lipinski definition) is 2. The van der Waals surface area contributed by atoms with Crippen LogP contribution in [0.1, 0.15) is 19.7 Å². The number of nitrogen functional groups attached to an aromatic ring is 1. The smallest absolute Gasteiger partial charge is 0.108 e. The molecule has 0 aliphatic carbocycles. The molecule has 3 N–H and O–H groups in total. The van der Waals surface area contributed by atoms with E-state index in [1.165, 1.54) is 6.54 Å². The number of aromatic nitrogens is 2. The number of hydrogen-bond acceptors (Lipinski definition) is 4. The molecule has 5 heteroatoms. The molecule has 0 bridgehead atoms. The maximum atomic E-state index is 5.80. The molecule has 0 spiro atoms. The monoisotopic (exact) mass is 287 g/mol. The van der Waals surface area contributed by atoms with Crippen LogP contribution in [-0.2, 0) is 6.42 Å². The van der Waals surface area contributed by atoms with E-state index in [2.05, 4.69) is 33.6 Å². The number of aromatic amines is 1. The molecule has 5 nitrogen and oxygen atoms in total. The molecule has 1 aromatic carbocycles. The predicted molar refractivity (Wildman–Crippen MR) is 87.4 cm³/mol. The topological polar surface area (TPSA) is 61.2 Å². The standard InChI is InChI=1S/C16H25N5/c1-3-21-9-8-20(11-12(21)2)7-6-16-18-14-5-4-13(17)10-15(14)19-16/h4-5,10,12H,3,6-9,11,17H2,1-2H3,(H,18,19). The number of nitrogens with two attached hydrogens (primary N) is 1. The summed E-state index contributed by atoms with van der Waals surface area (Å²) in [7, 11) is 0. The Labute approximate surface area is 126 Å². The number of nitrogens with one attached hydrogen (secondary N) is 1. The van der Waals surface area contributed by atoms with E-state index in [1.54, 1.807) is 0 Å². The first kappa shape index (κ1) is 14.4. The fourth-order valence-electron chi connectivity index (χ4n) is 3.21. The van der Waals surface area contributed by atoms with Crippen molar-refractivity contribution in [2.24, 2.45) is 0 Å². The summed E-state index contributed by atoms with van der Waals surface area (Å²) in [5, 5.41) is 0. The summed E-state index contributed by atoms with van der Waals surface area (Å²) in [6.45, 7) is 10.3. The molecular weight excluding hydrogens is 262 g/mol. The van der Waals surface area contributed by atoms with E-state index in [4.69, 9.17) is 5.73 Å². The Morgan fingerprint density at radius 1 is 1.38 bits per heavy atom. The number of imidazole rings is 1. The summed E-state index contributed by atoms with van der Waals surface area (Å²) < 4.78 is 0. The van der Waals surface area contributed by atoms with Gasteiger partial charge in [0.05, 0.1) is 11.0 Å². The van der Waals surface area contributed by atoms with Crippen molar-refractivity contribution in [3.8, 4) is 0 Å². The molecule has 0 amide bonds. The van der Waals surface area contributed by atoms with Crippen LogP contribution < -0.4 is 5.73 Å². The van der Waals surface area contributed by atoms with Crippen molar-refractivity contribution in [2.75, 3.05) is 38.5 Å². The van der Waals surface area contributed by atoms with Crippen LogP contribution in [0, 0.1) is 0 Å². The highest BCUT2D eigenvalue weighted by Crippen LogP contribution is 2.16. The lowest BCUT2D eigenvalue weighted by Crippen LogP contribution is -2.51. The number of fused-ring (bicyclic) bond motifs is 1. The molecule has 1 aromatic heterocycles. The molecule has 0 radical (unpaired) electrons. The quantitative estimate of drug-likeness (QED) is 0.841. The molecule has 1 aliphatic heterocycles. The third-order valence-corrected chi connectivity index (χ3v) is 4.48. The van der Waals surface area contributed by atoms with Crippen LogP contribution in [0.25, 0.3) is 11.0 Å². The summed E-state index contributed by atoms with van der Waals surface area (Å²) in [5.74, 6) is 1.06. The lowest BCUT2D eigenvalue weighted by atomic mass is 10.2. The van der Waals surface area contributed by atoms with Gasteiger partial charge in [0.25, 0.3) is 0 Å². The van der Waals surface area contributed by atoms with Crippen LogP contribution >= 0.6 is 0 Å². The molecule has 1 fully saturated rings. The van der Waals surface area contributed by atoms with Crippen LogP contribution in [0.4, 0.5) is 5.69 Å². The van der Waals surface area contributed by atoms with Crippen molar-refractivity contribution in [3.63, 3.8) is 0 Å². The lowest BCUT2D eigenvalue weighted by Gasteiger charge is -2.39. The van der Waals surface area contributed by atoms with E-state index in [0.717, 1.165) is 55.1 Å². The van der Waals surface area contributed by atoms with Crippen LogP contribution in [-0.4, -0.2) is 58.5 Å². The Balaban J connectivity index is 1.59. The van der Waals surface area contributed by atoms with Crippen LogP contribution in [0.15, 0.2) is 18.2 Å². The lowest BCUT2D eigenvalue weighted by molar-refractivity contribution is 0.0886. The molecule has 2 aromatic rings. The number of H-pyrrole nitrogens is 1. The van der Waals surface area contributed by atoms with Gasteiger partial charge < -0.3 is 15.6 Å². The number of rotatable bonds is 4. The van der Waals surface area contributed by atoms with Gasteiger partial charge in [-0.1, -0.05) is 6.92 Å². The number of anilines is 1. The van der Waals surface area contributed by atoms with E-state index in [-0.39, 0.29) is 0 Å². The number of nitrogens with zero attached hydrogens (tertiary/aromatic N) is 3. The van der Waals surface area contributed by atoms with Crippen molar-refractivity contribution >= 4 is 16.7 Å². The number of likely N-dealkylation sites (N-methyl/N-ethyl adjacent to an activating group) is 1. The van der Waals surface area contributed by atoms with Gasteiger partial charge in [-0.15, -0.1) is 0 Å². The molecule has 0 saturated carbocycles. The summed E-state index contributed by atoms with van der Waals surface area (Å²) in [4.78, 5) is 13.1. The second-order valence-corrected chi connectivity index (χ2v) is 5.99. The first-order valence-corrected chi connectivity index (χ1v) is 7.86. The minimum absolute atomic E-state index is 0.652. The van der Waals surface area contributed by atoms with Gasteiger partial charge in [0, 0.05) is 44.3 Å². The molecule has 2 heterocycles. The maximum absolute atomic E-state index is 5.80. The van der Waals surface area contributed by atoms with E-state index < -0.39 is 0 Å². The van der Waals surface area contributed by atoms with Gasteiger partial charge in [-0.2, -0.15) is 0 Å². The molecule has 1 unspecified atom stereocenters. The van der Waals surface area contributed by atoms with Gasteiger partial charge in [-0.3, -0.25) is 4.90 Å². The molecular formula is C16H25N5. The van der Waals surface area contributed by atoms with Crippen molar-refractivity contribution in [3.05, 3.63) is 24.0 Å². The third-order valence-electron chi connectivity index (χ3n) is 4.48. The zero-order valence-corrected chi connectivity index (χ0v) is 13.0. The fraction of sp³-hybridized carbons (Fsp3) is 0.562. The minimum Gasteiger partial charge on any atom is -0.399 e. The highest BCUT2D eigenvalue weighted by Gasteiger charge is 2.22. The van der Waals surface area contributed by atoms with Crippen LogP contribution in [0.5, 0.6) is 0 Å². The largest absolute Gasteiger partial charge is 0.399 e. The first-order valence-electron chi connectivity index (χ1n) is 7.86. The first-order chi connectivity index (χ1) is 10.2. The highest BCUT2D eigenvalue weighted by atomic mass is 15.3. The van der Waals surface area contributed by atoms with E-state index >= 15 is 0 Å². The third kappa shape index (κ3) is 3.19. The van der Waals surface area contributed by atoms with Gasteiger partial charge >= 0.3 is 0 Å². The summed E-state index contributed by atoms with van der Waals surface area (Å²) >= 11 is 0. The Morgan fingerprint density at radius 3 is 3.00 bits per heavy atom. The fourth-order valence-corrected chi connectivity index (χ4v) is 3.21. The molecule has 1 atom stereocenters. The molecule has 1 saturated heterocycles. The van der Waals surface area contributed by atoms with Gasteiger partial charge in [0.2, 0.25) is 0 Å². The predicted octanol–water partition coefficient (Wildman–Crippen LogP) is 1.71. The van der Waals surface area contributed by atoms with Crippen molar-refractivity contribution < 1.29 is 0 Å². The number of benzene rings is 1. The summed E-state index contributed by atoms with van der Waals surface area (Å²) in [6, 6.07) is 6.48. The Hall–Kier alpha value is -1.59.